The summed E-state index contributed by atoms with van der Waals surface area (Å²) < 4.78 is 11.3. The topological polar surface area (TPSA) is 41.9 Å². The molecule has 0 amide bonds. The minimum absolute atomic E-state index is 0.243. The summed E-state index contributed by atoms with van der Waals surface area (Å²) in [6.45, 7) is 7.77. The van der Waals surface area contributed by atoms with Crippen molar-refractivity contribution in [3.63, 3.8) is 0 Å². The van der Waals surface area contributed by atoms with Crippen LogP contribution in [-0.2, 0) is 9.47 Å². The zero-order valence-corrected chi connectivity index (χ0v) is 10.4. The Morgan fingerprint density at radius 2 is 1.94 bits per heavy atom. The maximum atomic E-state index is 9.84. The maximum Gasteiger partial charge on any atom is 0.170 e. The molecule has 0 aliphatic carbocycles. The molecular weight excluding hydrogens is 218 g/mol. The monoisotopic (exact) mass is 241 g/mol. The number of allylic oxidation sites excluding steroid dienone is 1. The molecule has 0 aromatic rings. The predicted octanol–water partition coefficient (Wildman–Crippen LogP) is 1.15. The van der Waals surface area contributed by atoms with Gasteiger partial charge in [0, 0.05) is 32.5 Å². The molecule has 0 aromatic heterocycles. The van der Waals surface area contributed by atoms with Crippen LogP contribution >= 0.6 is 0 Å². The van der Waals surface area contributed by atoms with Crippen molar-refractivity contribution in [2.75, 3.05) is 32.8 Å². The van der Waals surface area contributed by atoms with Crippen LogP contribution in [0.4, 0.5) is 0 Å². The fourth-order valence-corrected chi connectivity index (χ4v) is 2.56. The van der Waals surface area contributed by atoms with E-state index < -0.39 is 0 Å². The summed E-state index contributed by atoms with van der Waals surface area (Å²) in [5.41, 5.74) is 0. The molecule has 0 saturated carbocycles. The molecule has 2 heterocycles. The Morgan fingerprint density at radius 3 is 2.53 bits per heavy atom. The number of piperidine rings is 1. The second kappa shape index (κ2) is 5.96. The van der Waals surface area contributed by atoms with Gasteiger partial charge in [0.15, 0.2) is 5.79 Å². The lowest BCUT2D eigenvalue weighted by atomic mass is 10.0. The number of hydrogen-bond acceptors (Lipinski definition) is 4. The van der Waals surface area contributed by atoms with Gasteiger partial charge in [0.05, 0.1) is 19.3 Å². The highest BCUT2D eigenvalue weighted by Crippen LogP contribution is 2.31. The quantitative estimate of drug-likeness (QED) is 0.733. The van der Waals surface area contributed by atoms with Crippen molar-refractivity contribution in [3.8, 4) is 0 Å². The second-order valence-corrected chi connectivity index (χ2v) is 4.93. The Balaban J connectivity index is 1.69. The lowest BCUT2D eigenvalue weighted by Gasteiger charge is -2.38. The van der Waals surface area contributed by atoms with Gasteiger partial charge >= 0.3 is 0 Å². The molecule has 1 atom stereocenters. The van der Waals surface area contributed by atoms with E-state index in [9.17, 15) is 5.11 Å². The molecule has 2 fully saturated rings. The zero-order valence-electron chi connectivity index (χ0n) is 10.4. The van der Waals surface area contributed by atoms with Crippen LogP contribution in [0.5, 0.6) is 0 Å². The van der Waals surface area contributed by atoms with Crippen LogP contribution in [0, 0.1) is 0 Å². The molecule has 2 rings (SSSR count). The molecule has 2 aliphatic heterocycles. The van der Waals surface area contributed by atoms with Gasteiger partial charge in [-0.25, -0.2) is 0 Å². The number of ether oxygens (including phenoxy) is 2. The predicted molar refractivity (Wildman–Crippen MR) is 65.7 cm³/mol. The summed E-state index contributed by atoms with van der Waals surface area (Å²) in [5, 5.41) is 9.84. The molecule has 0 bridgehead atoms. The molecule has 1 spiro atoms. The van der Waals surface area contributed by atoms with Crippen molar-refractivity contribution in [2.45, 2.75) is 37.6 Å². The first-order valence-corrected chi connectivity index (χ1v) is 6.53. The molecule has 0 radical (unpaired) electrons. The minimum Gasteiger partial charge on any atom is -0.392 e. The van der Waals surface area contributed by atoms with Crippen LogP contribution in [-0.4, -0.2) is 54.7 Å². The Bertz CT molecular complexity index is 241. The second-order valence-electron chi connectivity index (χ2n) is 4.93. The van der Waals surface area contributed by atoms with E-state index in [1.165, 1.54) is 0 Å². The van der Waals surface area contributed by atoms with Crippen molar-refractivity contribution >= 4 is 0 Å². The number of aliphatic hydroxyl groups is 1. The third-order valence-electron chi connectivity index (χ3n) is 3.60. The SMILES string of the molecule is C=CCCC(O)CN1CCC2(CC1)OCCO2. The van der Waals surface area contributed by atoms with Crippen molar-refractivity contribution < 1.29 is 14.6 Å². The first-order valence-electron chi connectivity index (χ1n) is 6.53. The average molecular weight is 241 g/mol. The Hall–Kier alpha value is -0.420. The van der Waals surface area contributed by atoms with E-state index in [4.69, 9.17) is 9.47 Å². The third kappa shape index (κ3) is 3.52. The lowest BCUT2D eigenvalue weighted by Crippen LogP contribution is -2.47. The van der Waals surface area contributed by atoms with Gasteiger partial charge in [0.2, 0.25) is 0 Å². The molecule has 4 nitrogen and oxygen atoms in total. The van der Waals surface area contributed by atoms with E-state index in [1.54, 1.807) is 0 Å². The number of aliphatic hydroxyl groups excluding tert-OH is 1. The molecule has 17 heavy (non-hydrogen) atoms. The Morgan fingerprint density at radius 1 is 1.29 bits per heavy atom. The van der Waals surface area contributed by atoms with Crippen LogP contribution in [0.25, 0.3) is 0 Å². The molecule has 4 heteroatoms. The molecule has 98 valence electrons. The highest BCUT2D eigenvalue weighted by Gasteiger charge is 2.39. The van der Waals surface area contributed by atoms with Gasteiger partial charge < -0.3 is 19.5 Å². The Kier molecular flexibility index (Phi) is 4.56. The summed E-state index contributed by atoms with van der Waals surface area (Å²) >= 11 is 0. The van der Waals surface area contributed by atoms with Gasteiger partial charge in [-0.15, -0.1) is 6.58 Å². The molecule has 1 unspecified atom stereocenters. The van der Waals surface area contributed by atoms with E-state index in [1.807, 2.05) is 6.08 Å². The van der Waals surface area contributed by atoms with Gasteiger partial charge in [-0.05, 0) is 12.8 Å². The fourth-order valence-electron chi connectivity index (χ4n) is 2.56. The Labute approximate surface area is 103 Å². The summed E-state index contributed by atoms with van der Waals surface area (Å²) in [4.78, 5) is 2.30. The van der Waals surface area contributed by atoms with Crippen LogP contribution in [0.3, 0.4) is 0 Å². The van der Waals surface area contributed by atoms with Crippen molar-refractivity contribution in [1.29, 1.82) is 0 Å². The van der Waals surface area contributed by atoms with Gasteiger partial charge in [-0.1, -0.05) is 6.08 Å². The molecule has 1 N–H and O–H groups in total. The molecule has 2 aliphatic rings. The number of likely N-dealkylation sites (tertiary alicyclic amines) is 1. The smallest absolute Gasteiger partial charge is 0.170 e. The fraction of sp³-hybridized carbons (Fsp3) is 0.846. The molecular formula is C13H23NO3. The van der Waals surface area contributed by atoms with Crippen LogP contribution in [0.2, 0.25) is 0 Å². The van der Waals surface area contributed by atoms with Crippen molar-refractivity contribution in [1.82, 2.24) is 4.90 Å². The summed E-state index contributed by atoms with van der Waals surface area (Å²) in [6.07, 6.45) is 5.13. The van der Waals surface area contributed by atoms with E-state index in [2.05, 4.69) is 11.5 Å². The van der Waals surface area contributed by atoms with Gasteiger partial charge in [-0.2, -0.15) is 0 Å². The number of rotatable bonds is 5. The standard InChI is InChI=1S/C13H23NO3/c1-2-3-4-12(15)11-14-7-5-13(6-8-14)16-9-10-17-13/h2,12,15H,1,3-11H2. The van der Waals surface area contributed by atoms with E-state index in [0.29, 0.717) is 0 Å². The van der Waals surface area contributed by atoms with E-state index in [0.717, 1.165) is 58.5 Å². The lowest BCUT2D eigenvalue weighted by molar-refractivity contribution is -0.186. The van der Waals surface area contributed by atoms with Crippen molar-refractivity contribution in [2.24, 2.45) is 0 Å². The van der Waals surface area contributed by atoms with Gasteiger partial charge in [0.25, 0.3) is 0 Å². The average Bonchev–Trinajstić information content (AvgIpc) is 2.79. The summed E-state index contributed by atoms with van der Waals surface area (Å²) in [6, 6.07) is 0. The third-order valence-corrected chi connectivity index (χ3v) is 3.60. The highest BCUT2D eigenvalue weighted by atomic mass is 16.7. The van der Waals surface area contributed by atoms with Crippen molar-refractivity contribution in [3.05, 3.63) is 12.7 Å². The van der Waals surface area contributed by atoms with Gasteiger partial charge in [-0.3, -0.25) is 0 Å². The molecule has 0 aromatic carbocycles. The number of β-amino-alcohol motifs (C(OH)–C–C–N with tert-alkyl or cyclic N) is 1. The molecule has 2 saturated heterocycles. The maximum absolute atomic E-state index is 9.84. The zero-order chi connectivity index (χ0) is 12.1. The summed E-state index contributed by atoms with van der Waals surface area (Å²) in [7, 11) is 0. The van der Waals surface area contributed by atoms with Crippen LogP contribution < -0.4 is 0 Å². The van der Waals surface area contributed by atoms with Crippen LogP contribution in [0.15, 0.2) is 12.7 Å². The highest BCUT2D eigenvalue weighted by molar-refractivity contribution is 4.83. The summed E-state index contributed by atoms with van der Waals surface area (Å²) in [5.74, 6) is -0.303. The minimum atomic E-state index is -0.303. The number of nitrogens with zero attached hydrogens (tertiary/aromatic N) is 1. The van der Waals surface area contributed by atoms with E-state index >= 15 is 0 Å². The normalized spacial score (nSPS) is 26.2. The number of hydrogen-bond donors (Lipinski definition) is 1. The largest absolute Gasteiger partial charge is 0.392 e. The first-order chi connectivity index (χ1) is 8.24. The van der Waals surface area contributed by atoms with Crippen LogP contribution in [0.1, 0.15) is 25.7 Å². The van der Waals surface area contributed by atoms with Gasteiger partial charge in [0.1, 0.15) is 0 Å². The first kappa shape index (κ1) is 13.0. The van der Waals surface area contributed by atoms with E-state index in [-0.39, 0.29) is 11.9 Å².